The lowest BCUT2D eigenvalue weighted by molar-refractivity contribution is 0.178. The minimum Gasteiger partial charge on any atom is -0.452 e. The normalized spacial score (nSPS) is 10.5. The van der Waals surface area contributed by atoms with Gasteiger partial charge in [-0.15, -0.1) is 0 Å². The summed E-state index contributed by atoms with van der Waals surface area (Å²) in [7, 11) is 1.36. The molecule has 0 aliphatic rings. The maximum Gasteiger partial charge on any atom is 0.416 e. The second kappa shape index (κ2) is 4.86. The SMILES string of the molecule is CCCN(C(=O)OC)c1nc2c[c]ccc2[nH]1. The van der Waals surface area contributed by atoms with E-state index in [1.807, 2.05) is 13.0 Å². The van der Waals surface area contributed by atoms with Crippen LogP contribution in [0.2, 0.25) is 0 Å². The number of anilines is 1. The van der Waals surface area contributed by atoms with Crippen LogP contribution in [0, 0.1) is 6.07 Å². The van der Waals surface area contributed by atoms with Crippen LogP contribution in [0.25, 0.3) is 11.0 Å². The second-order valence-corrected chi connectivity index (χ2v) is 3.63. The van der Waals surface area contributed by atoms with Crippen molar-refractivity contribution in [1.82, 2.24) is 9.97 Å². The molecule has 1 heterocycles. The molecule has 1 N–H and O–H groups in total. The average molecular weight is 232 g/mol. The smallest absolute Gasteiger partial charge is 0.416 e. The largest absolute Gasteiger partial charge is 0.452 e. The number of nitrogens with one attached hydrogen (secondary N) is 1. The van der Waals surface area contributed by atoms with E-state index in [1.165, 1.54) is 12.0 Å². The third-order valence-electron chi connectivity index (χ3n) is 2.41. The monoisotopic (exact) mass is 232 g/mol. The van der Waals surface area contributed by atoms with Crippen LogP contribution in [0.5, 0.6) is 0 Å². The topological polar surface area (TPSA) is 58.2 Å². The third kappa shape index (κ3) is 2.22. The van der Waals surface area contributed by atoms with E-state index in [-0.39, 0.29) is 0 Å². The van der Waals surface area contributed by atoms with E-state index < -0.39 is 6.09 Å². The zero-order valence-electron chi connectivity index (χ0n) is 9.86. The number of carbonyl (C=O) groups is 1. The van der Waals surface area contributed by atoms with Crippen molar-refractivity contribution in [2.75, 3.05) is 18.6 Å². The molecule has 1 amide bonds. The maximum atomic E-state index is 11.6. The molecule has 0 atom stereocenters. The Hall–Kier alpha value is -2.04. The number of amides is 1. The van der Waals surface area contributed by atoms with Gasteiger partial charge in [0.05, 0.1) is 18.1 Å². The number of ether oxygens (including phenoxy) is 1. The summed E-state index contributed by atoms with van der Waals surface area (Å²) in [5.41, 5.74) is 1.66. The van der Waals surface area contributed by atoms with Crippen molar-refractivity contribution in [3.05, 3.63) is 24.3 Å². The molecule has 2 aromatic rings. The fourth-order valence-corrected chi connectivity index (χ4v) is 1.63. The first-order chi connectivity index (χ1) is 8.26. The Bertz CT molecular complexity index is 488. The highest BCUT2D eigenvalue weighted by atomic mass is 16.5. The van der Waals surface area contributed by atoms with Gasteiger partial charge in [0.2, 0.25) is 5.95 Å². The first kappa shape index (κ1) is 11.4. The molecule has 5 nitrogen and oxygen atoms in total. The minimum absolute atomic E-state index is 0.408. The molecule has 0 unspecified atom stereocenters. The van der Waals surface area contributed by atoms with Crippen LogP contribution in [-0.4, -0.2) is 29.7 Å². The number of nitrogens with zero attached hydrogens (tertiary/aromatic N) is 2. The number of H-pyrrole nitrogens is 1. The molecule has 89 valence electrons. The summed E-state index contributed by atoms with van der Waals surface area (Å²) in [4.78, 5) is 20.5. The maximum absolute atomic E-state index is 11.6. The Balaban J connectivity index is 2.38. The summed E-state index contributed by atoms with van der Waals surface area (Å²) < 4.78 is 4.73. The summed E-state index contributed by atoms with van der Waals surface area (Å²) in [6.07, 6.45) is 0.424. The molecule has 0 bridgehead atoms. The van der Waals surface area contributed by atoms with Crippen LogP contribution < -0.4 is 4.90 Å². The Labute approximate surface area is 99.4 Å². The Morgan fingerprint density at radius 2 is 2.47 bits per heavy atom. The molecule has 0 saturated carbocycles. The van der Waals surface area contributed by atoms with E-state index in [9.17, 15) is 4.79 Å². The van der Waals surface area contributed by atoms with Crippen LogP contribution in [0.15, 0.2) is 18.2 Å². The molecule has 0 saturated heterocycles. The number of rotatable bonds is 3. The molecule has 5 heteroatoms. The molecular weight excluding hydrogens is 218 g/mol. The van der Waals surface area contributed by atoms with Gasteiger partial charge in [0, 0.05) is 6.54 Å². The molecule has 1 aromatic carbocycles. The number of hydrogen-bond acceptors (Lipinski definition) is 3. The number of fused-ring (bicyclic) bond motifs is 1. The van der Waals surface area contributed by atoms with E-state index in [2.05, 4.69) is 16.0 Å². The van der Waals surface area contributed by atoms with Crippen molar-refractivity contribution in [1.29, 1.82) is 0 Å². The number of imidazole rings is 1. The number of benzene rings is 1. The molecule has 0 aliphatic heterocycles. The van der Waals surface area contributed by atoms with Gasteiger partial charge in [-0.3, -0.25) is 0 Å². The summed E-state index contributed by atoms with van der Waals surface area (Å²) >= 11 is 0. The molecule has 0 spiro atoms. The third-order valence-corrected chi connectivity index (χ3v) is 2.41. The minimum atomic E-state index is -0.408. The first-order valence-electron chi connectivity index (χ1n) is 5.47. The van der Waals surface area contributed by atoms with Gasteiger partial charge in [0.15, 0.2) is 0 Å². The summed E-state index contributed by atoms with van der Waals surface area (Å²) in [5.74, 6) is 0.508. The molecule has 0 aliphatic carbocycles. The van der Waals surface area contributed by atoms with Gasteiger partial charge in [-0.05, 0) is 24.6 Å². The Kier molecular flexibility index (Phi) is 3.27. The van der Waals surface area contributed by atoms with E-state index >= 15 is 0 Å². The van der Waals surface area contributed by atoms with E-state index in [1.54, 1.807) is 12.1 Å². The number of aromatic amines is 1. The predicted molar refractivity (Wildman–Crippen MR) is 65.0 cm³/mol. The fraction of sp³-hybridized carbons (Fsp3) is 0.333. The molecule has 0 fully saturated rings. The van der Waals surface area contributed by atoms with Gasteiger partial charge >= 0.3 is 6.09 Å². The Morgan fingerprint density at radius 1 is 1.65 bits per heavy atom. The fourth-order valence-electron chi connectivity index (χ4n) is 1.63. The lowest BCUT2D eigenvalue weighted by Gasteiger charge is -2.16. The van der Waals surface area contributed by atoms with Crippen LogP contribution in [0.3, 0.4) is 0 Å². The summed E-state index contributed by atoms with van der Waals surface area (Å²) in [6, 6.07) is 8.39. The van der Waals surface area contributed by atoms with Crippen LogP contribution >= 0.6 is 0 Å². The number of carbonyl (C=O) groups excluding carboxylic acids is 1. The number of methoxy groups -OCH3 is 1. The van der Waals surface area contributed by atoms with Gasteiger partial charge < -0.3 is 9.72 Å². The van der Waals surface area contributed by atoms with Crippen LogP contribution in [-0.2, 0) is 4.74 Å². The highest BCUT2D eigenvalue weighted by Gasteiger charge is 2.18. The van der Waals surface area contributed by atoms with Crippen molar-refractivity contribution >= 4 is 23.1 Å². The van der Waals surface area contributed by atoms with Crippen molar-refractivity contribution in [2.45, 2.75) is 13.3 Å². The van der Waals surface area contributed by atoms with Crippen molar-refractivity contribution < 1.29 is 9.53 Å². The number of hydrogen-bond donors (Lipinski definition) is 1. The molecule has 17 heavy (non-hydrogen) atoms. The van der Waals surface area contributed by atoms with Crippen LogP contribution in [0.1, 0.15) is 13.3 Å². The Morgan fingerprint density at radius 3 is 3.12 bits per heavy atom. The van der Waals surface area contributed by atoms with Gasteiger partial charge in [-0.2, -0.15) is 0 Å². The second-order valence-electron chi connectivity index (χ2n) is 3.63. The van der Waals surface area contributed by atoms with Crippen molar-refractivity contribution in [3.63, 3.8) is 0 Å². The van der Waals surface area contributed by atoms with E-state index in [4.69, 9.17) is 4.74 Å². The standard InChI is InChI=1S/C12H14N3O2/c1-3-8-15(12(16)17-2)11-13-9-6-4-5-7-10(9)14-11/h4,6-7H,3,8H2,1-2H3,(H,13,14). The van der Waals surface area contributed by atoms with Gasteiger partial charge in [-0.25, -0.2) is 14.7 Å². The molecular formula is C12H14N3O2. The van der Waals surface area contributed by atoms with E-state index in [0.717, 1.165) is 17.5 Å². The van der Waals surface area contributed by atoms with Gasteiger partial charge in [0.1, 0.15) is 0 Å². The average Bonchev–Trinajstić information content (AvgIpc) is 2.78. The summed E-state index contributed by atoms with van der Waals surface area (Å²) in [6.45, 7) is 2.56. The van der Waals surface area contributed by atoms with Gasteiger partial charge in [0.25, 0.3) is 0 Å². The molecule has 1 aromatic heterocycles. The van der Waals surface area contributed by atoms with Crippen molar-refractivity contribution in [2.24, 2.45) is 0 Å². The first-order valence-corrected chi connectivity index (χ1v) is 5.47. The lowest BCUT2D eigenvalue weighted by Crippen LogP contribution is -2.32. The van der Waals surface area contributed by atoms with E-state index in [0.29, 0.717) is 12.5 Å². The predicted octanol–water partition coefficient (Wildman–Crippen LogP) is 2.35. The zero-order valence-corrected chi connectivity index (χ0v) is 9.86. The molecule has 2 rings (SSSR count). The molecule has 1 radical (unpaired) electrons. The zero-order chi connectivity index (χ0) is 12.3. The highest BCUT2D eigenvalue weighted by molar-refractivity contribution is 5.88. The number of aromatic nitrogens is 2. The van der Waals surface area contributed by atoms with Crippen molar-refractivity contribution in [3.8, 4) is 0 Å². The summed E-state index contributed by atoms with van der Waals surface area (Å²) in [5, 5.41) is 0. The van der Waals surface area contributed by atoms with Gasteiger partial charge in [-0.1, -0.05) is 13.0 Å². The highest BCUT2D eigenvalue weighted by Crippen LogP contribution is 2.17. The quantitative estimate of drug-likeness (QED) is 0.883. The lowest BCUT2D eigenvalue weighted by atomic mass is 10.3. The van der Waals surface area contributed by atoms with Crippen LogP contribution in [0.4, 0.5) is 10.7 Å².